The fourth-order valence-corrected chi connectivity index (χ4v) is 4.59. The molecule has 0 spiro atoms. The lowest BCUT2D eigenvalue weighted by molar-refractivity contribution is -0.113. The van der Waals surface area contributed by atoms with Crippen LogP contribution in [0.15, 0.2) is 71.6 Å². The molecule has 4 rings (SSSR count). The molecule has 0 saturated carbocycles. The first kappa shape index (κ1) is 21.0. The second kappa shape index (κ2) is 9.28. The molecule has 0 unspecified atom stereocenters. The summed E-state index contributed by atoms with van der Waals surface area (Å²) >= 11 is 2.81. The molecule has 2 amide bonds. The summed E-state index contributed by atoms with van der Waals surface area (Å²) in [5.74, 6) is -0.661. The first-order valence-corrected chi connectivity index (χ1v) is 11.2. The van der Waals surface area contributed by atoms with Crippen molar-refractivity contribution < 1.29 is 14.0 Å². The molecule has 0 bridgehead atoms. The predicted molar refractivity (Wildman–Crippen MR) is 125 cm³/mol. The summed E-state index contributed by atoms with van der Waals surface area (Å²) in [6.45, 7) is 2.02. The molecule has 31 heavy (non-hydrogen) atoms. The normalized spacial score (nSPS) is 10.8. The largest absolute Gasteiger partial charge is 0.322 e. The third-order valence-corrected chi connectivity index (χ3v) is 6.29. The van der Waals surface area contributed by atoms with E-state index in [1.807, 2.05) is 31.2 Å². The topological polar surface area (TPSA) is 71.1 Å². The number of thiazole rings is 1. The number of aromatic nitrogens is 1. The van der Waals surface area contributed by atoms with E-state index in [-0.39, 0.29) is 17.6 Å². The smallest absolute Gasteiger partial charge is 0.255 e. The number of anilines is 2. The zero-order chi connectivity index (χ0) is 21.8. The fraction of sp³-hybridized carbons (Fsp3) is 0.0870. The molecule has 0 aliphatic carbocycles. The van der Waals surface area contributed by atoms with Gasteiger partial charge in [0.2, 0.25) is 5.91 Å². The van der Waals surface area contributed by atoms with Gasteiger partial charge in [-0.3, -0.25) is 9.59 Å². The molecule has 0 aliphatic rings. The molecule has 156 valence electrons. The highest BCUT2D eigenvalue weighted by Gasteiger charge is 2.10. The molecule has 0 radical (unpaired) electrons. The number of amides is 2. The highest BCUT2D eigenvalue weighted by atomic mass is 32.2. The van der Waals surface area contributed by atoms with Gasteiger partial charge in [0.05, 0.1) is 16.0 Å². The Morgan fingerprint density at radius 1 is 1.03 bits per heavy atom. The summed E-state index contributed by atoms with van der Waals surface area (Å²) in [6, 6.07) is 18.5. The number of carbonyl (C=O) groups is 2. The monoisotopic (exact) mass is 451 g/mol. The molecule has 8 heteroatoms. The third kappa shape index (κ3) is 5.48. The Balaban J connectivity index is 1.34. The lowest BCUT2D eigenvalue weighted by Gasteiger charge is -2.07. The number of thioether (sulfide) groups is 1. The summed E-state index contributed by atoms with van der Waals surface area (Å²) in [5.41, 5.74) is 2.98. The SMILES string of the molecule is Cc1ccc2nc(NC(=O)CSc3cccc(NC(=O)c4ccc(F)cc4)c3)sc2c1. The van der Waals surface area contributed by atoms with E-state index in [9.17, 15) is 14.0 Å². The number of rotatable bonds is 6. The second-order valence-electron chi connectivity index (χ2n) is 6.82. The molecule has 3 aromatic carbocycles. The molecule has 0 aliphatic heterocycles. The maximum absolute atomic E-state index is 13.0. The molecule has 0 atom stereocenters. The van der Waals surface area contributed by atoms with E-state index in [4.69, 9.17) is 0 Å². The van der Waals surface area contributed by atoms with Crippen LogP contribution in [0.5, 0.6) is 0 Å². The highest BCUT2D eigenvalue weighted by Crippen LogP contribution is 2.27. The lowest BCUT2D eigenvalue weighted by Crippen LogP contribution is -2.14. The number of hydrogen-bond donors (Lipinski definition) is 2. The quantitative estimate of drug-likeness (QED) is 0.368. The van der Waals surface area contributed by atoms with Crippen LogP contribution in [0, 0.1) is 12.7 Å². The Labute approximate surface area is 186 Å². The van der Waals surface area contributed by atoms with Gasteiger partial charge in [0.1, 0.15) is 5.82 Å². The summed E-state index contributed by atoms with van der Waals surface area (Å²) in [7, 11) is 0. The van der Waals surface area contributed by atoms with Crippen molar-refractivity contribution >= 4 is 55.9 Å². The van der Waals surface area contributed by atoms with Crippen LogP contribution in [0.1, 0.15) is 15.9 Å². The van der Waals surface area contributed by atoms with Crippen molar-refractivity contribution in [2.75, 3.05) is 16.4 Å². The van der Waals surface area contributed by atoms with Crippen molar-refractivity contribution in [3.05, 3.63) is 83.7 Å². The highest BCUT2D eigenvalue weighted by molar-refractivity contribution is 8.00. The van der Waals surface area contributed by atoms with Crippen LogP contribution >= 0.6 is 23.1 Å². The van der Waals surface area contributed by atoms with Gasteiger partial charge in [-0.1, -0.05) is 23.5 Å². The van der Waals surface area contributed by atoms with Gasteiger partial charge >= 0.3 is 0 Å². The predicted octanol–water partition coefficient (Wildman–Crippen LogP) is 5.73. The van der Waals surface area contributed by atoms with Crippen molar-refractivity contribution in [2.24, 2.45) is 0 Å². The first-order chi connectivity index (χ1) is 15.0. The van der Waals surface area contributed by atoms with Crippen molar-refractivity contribution in [1.82, 2.24) is 4.98 Å². The molecule has 1 aromatic heterocycles. The van der Waals surface area contributed by atoms with Gasteiger partial charge < -0.3 is 10.6 Å². The van der Waals surface area contributed by atoms with Crippen molar-refractivity contribution in [3.63, 3.8) is 0 Å². The minimum atomic E-state index is -0.394. The maximum atomic E-state index is 13.0. The van der Waals surface area contributed by atoms with Crippen LogP contribution in [-0.4, -0.2) is 22.6 Å². The number of nitrogens with one attached hydrogen (secondary N) is 2. The number of fused-ring (bicyclic) bond motifs is 1. The minimum Gasteiger partial charge on any atom is -0.322 e. The second-order valence-corrected chi connectivity index (χ2v) is 8.90. The summed E-state index contributed by atoms with van der Waals surface area (Å²) in [4.78, 5) is 29.9. The number of nitrogens with zero attached hydrogens (tertiary/aromatic N) is 1. The molecular formula is C23H18FN3O2S2. The molecule has 0 fully saturated rings. The Bertz CT molecular complexity index is 1260. The summed E-state index contributed by atoms with van der Waals surface area (Å²) in [6.07, 6.45) is 0. The number of halogens is 1. The van der Waals surface area contributed by atoms with E-state index >= 15 is 0 Å². The average Bonchev–Trinajstić information content (AvgIpc) is 3.14. The van der Waals surface area contributed by atoms with Gasteiger partial charge in [-0.2, -0.15) is 0 Å². The van der Waals surface area contributed by atoms with E-state index in [0.717, 1.165) is 20.7 Å². The van der Waals surface area contributed by atoms with Gasteiger partial charge in [0.15, 0.2) is 5.13 Å². The summed E-state index contributed by atoms with van der Waals surface area (Å²) in [5, 5.41) is 6.20. The lowest BCUT2D eigenvalue weighted by atomic mass is 10.2. The molecular weight excluding hydrogens is 433 g/mol. The van der Waals surface area contributed by atoms with Crippen LogP contribution in [0.4, 0.5) is 15.2 Å². The minimum absolute atomic E-state index is 0.151. The molecule has 5 nitrogen and oxygen atoms in total. The van der Waals surface area contributed by atoms with Crippen LogP contribution in [-0.2, 0) is 4.79 Å². The standard InChI is InChI=1S/C23H18FN3O2S2/c1-14-5-10-19-20(11-14)31-23(26-19)27-21(28)13-30-18-4-2-3-17(12-18)25-22(29)15-6-8-16(24)9-7-15/h2-12H,13H2,1H3,(H,25,29)(H,26,27,28). The zero-order valence-corrected chi connectivity index (χ0v) is 18.1. The molecule has 4 aromatic rings. The molecule has 0 saturated heterocycles. The van der Waals surface area contributed by atoms with Crippen LogP contribution in [0.3, 0.4) is 0 Å². The Hall–Kier alpha value is -3.23. The third-order valence-electron chi connectivity index (χ3n) is 4.36. The Kier molecular flexibility index (Phi) is 6.29. The van der Waals surface area contributed by atoms with Gasteiger partial charge in [-0.15, -0.1) is 11.8 Å². The van der Waals surface area contributed by atoms with Crippen LogP contribution in [0.25, 0.3) is 10.2 Å². The number of hydrogen-bond acceptors (Lipinski definition) is 5. The van der Waals surface area contributed by atoms with Crippen molar-refractivity contribution in [2.45, 2.75) is 11.8 Å². The van der Waals surface area contributed by atoms with Crippen LogP contribution < -0.4 is 10.6 Å². The fourth-order valence-electron chi connectivity index (χ4n) is 2.86. The van der Waals surface area contributed by atoms with E-state index in [2.05, 4.69) is 15.6 Å². The average molecular weight is 452 g/mol. The Morgan fingerprint density at radius 2 is 1.84 bits per heavy atom. The van der Waals surface area contributed by atoms with E-state index in [0.29, 0.717) is 16.4 Å². The number of aryl methyl sites for hydroxylation is 1. The van der Waals surface area contributed by atoms with Gasteiger partial charge in [0, 0.05) is 16.1 Å². The van der Waals surface area contributed by atoms with E-state index < -0.39 is 5.82 Å². The number of carbonyl (C=O) groups excluding carboxylic acids is 2. The summed E-state index contributed by atoms with van der Waals surface area (Å²) < 4.78 is 14.1. The first-order valence-electron chi connectivity index (χ1n) is 9.43. The van der Waals surface area contributed by atoms with Gasteiger partial charge in [0.25, 0.3) is 5.91 Å². The van der Waals surface area contributed by atoms with Crippen molar-refractivity contribution in [1.29, 1.82) is 0 Å². The molecule has 2 N–H and O–H groups in total. The molecule has 1 heterocycles. The zero-order valence-electron chi connectivity index (χ0n) is 16.5. The van der Waals surface area contributed by atoms with E-state index in [1.165, 1.54) is 47.4 Å². The van der Waals surface area contributed by atoms with E-state index in [1.54, 1.807) is 18.2 Å². The number of benzene rings is 3. The van der Waals surface area contributed by atoms with Gasteiger partial charge in [-0.05, 0) is 67.1 Å². The van der Waals surface area contributed by atoms with Crippen LogP contribution in [0.2, 0.25) is 0 Å². The Morgan fingerprint density at radius 3 is 2.65 bits per heavy atom. The maximum Gasteiger partial charge on any atom is 0.255 e. The van der Waals surface area contributed by atoms with Crippen molar-refractivity contribution in [3.8, 4) is 0 Å². The van der Waals surface area contributed by atoms with Gasteiger partial charge in [-0.25, -0.2) is 9.37 Å².